The van der Waals surface area contributed by atoms with E-state index in [1.807, 2.05) is 0 Å². The van der Waals surface area contributed by atoms with Crippen LogP contribution in [0.15, 0.2) is 18.2 Å². The zero-order valence-corrected chi connectivity index (χ0v) is 10.9. The predicted octanol–water partition coefficient (Wildman–Crippen LogP) is 2.82. The SMILES string of the molecule is Nc1ccc(C(=O)O)cc1NCC1CC2CCC1C2. The Kier molecular flexibility index (Phi) is 3.09. The minimum atomic E-state index is -0.914. The number of aromatic carboxylic acids is 1. The third-order valence-electron chi connectivity index (χ3n) is 4.74. The van der Waals surface area contributed by atoms with Crippen LogP contribution in [0.1, 0.15) is 36.0 Å². The molecule has 2 bridgehead atoms. The number of anilines is 2. The van der Waals surface area contributed by atoms with Crippen LogP contribution in [0.25, 0.3) is 0 Å². The second-order valence-electron chi connectivity index (χ2n) is 5.92. The molecule has 0 aromatic heterocycles. The lowest BCUT2D eigenvalue weighted by atomic mass is 9.89. The monoisotopic (exact) mass is 260 g/mol. The highest BCUT2D eigenvalue weighted by Crippen LogP contribution is 2.48. The molecule has 1 aromatic carbocycles. The minimum Gasteiger partial charge on any atom is -0.478 e. The van der Waals surface area contributed by atoms with Crippen molar-refractivity contribution in [2.24, 2.45) is 17.8 Å². The summed E-state index contributed by atoms with van der Waals surface area (Å²) in [6, 6.07) is 4.83. The normalized spacial score (nSPS) is 28.5. The molecule has 0 amide bonds. The van der Waals surface area contributed by atoms with E-state index in [0.29, 0.717) is 5.69 Å². The smallest absolute Gasteiger partial charge is 0.335 e. The molecule has 0 heterocycles. The van der Waals surface area contributed by atoms with Gasteiger partial charge in [-0.15, -0.1) is 0 Å². The Morgan fingerprint density at radius 1 is 1.37 bits per heavy atom. The molecule has 1 aromatic rings. The first-order valence-electron chi connectivity index (χ1n) is 7.00. The fourth-order valence-electron chi connectivity index (χ4n) is 3.71. The van der Waals surface area contributed by atoms with Gasteiger partial charge in [0.15, 0.2) is 0 Å². The van der Waals surface area contributed by atoms with Crippen LogP contribution in [0.5, 0.6) is 0 Å². The maximum absolute atomic E-state index is 11.0. The summed E-state index contributed by atoms with van der Waals surface area (Å²) in [4.78, 5) is 11.0. The molecule has 0 aliphatic heterocycles. The van der Waals surface area contributed by atoms with Crippen LogP contribution in [0.3, 0.4) is 0 Å². The maximum atomic E-state index is 11.0. The van der Waals surface area contributed by atoms with Crippen LogP contribution < -0.4 is 11.1 Å². The Labute approximate surface area is 113 Å². The molecular weight excluding hydrogens is 240 g/mol. The predicted molar refractivity (Wildman–Crippen MR) is 75.2 cm³/mol. The number of benzene rings is 1. The first kappa shape index (κ1) is 12.3. The van der Waals surface area contributed by atoms with E-state index in [1.54, 1.807) is 18.2 Å². The van der Waals surface area contributed by atoms with E-state index in [-0.39, 0.29) is 5.56 Å². The molecule has 3 unspecified atom stereocenters. The summed E-state index contributed by atoms with van der Waals surface area (Å²) in [6.45, 7) is 0.911. The van der Waals surface area contributed by atoms with Crippen molar-refractivity contribution in [1.82, 2.24) is 0 Å². The van der Waals surface area contributed by atoms with Gasteiger partial charge in [0.1, 0.15) is 0 Å². The standard InChI is InChI=1S/C15H20N2O2/c16-13-4-3-11(15(18)19)7-14(13)17-8-12-6-9-1-2-10(12)5-9/h3-4,7,9-10,12,17H,1-2,5-6,8,16H2,(H,18,19). The summed E-state index contributed by atoms with van der Waals surface area (Å²) < 4.78 is 0. The summed E-state index contributed by atoms with van der Waals surface area (Å²) in [5.41, 5.74) is 7.55. The van der Waals surface area contributed by atoms with Crippen molar-refractivity contribution >= 4 is 17.3 Å². The highest BCUT2D eigenvalue weighted by atomic mass is 16.4. The number of rotatable bonds is 4. The first-order valence-corrected chi connectivity index (χ1v) is 7.00. The number of carboxylic acid groups (broad SMARTS) is 1. The summed E-state index contributed by atoms with van der Waals surface area (Å²) in [5, 5.41) is 12.3. The largest absolute Gasteiger partial charge is 0.478 e. The number of nitrogens with one attached hydrogen (secondary N) is 1. The molecule has 2 fully saturated rings. The van der Waals surface area contributed by atoms with Crippen LogP contribution in [0.2, 0.25) is 0 Å². The van der Waals surface area contributed by atoms with Crippen molar-refractivity contribution < 1.29 is 9.90 Å². The Morgan fingerprint density at radius 2 is 2.21 bits per heavy atom. The van der Waals surface area contributed by atoms with Crippen molar-refractivity contribution in [2.45, 2.75) is 25.7 Å². The molecule has 19 heavy (non-hydrogen) atoms. The van der Waals surface area contributed by atoms with Crippen molar-refractivity contribution in [3.05, 3.63) is 23.8 Å². The molecule has 2 aliphatic carbocycles. The second-order valence-corrected chi connectivity index (χ2v) is 5.92. The van der Waals surface area contributed by atoms with E-state index in [9.17, 15) is 4.79 Å². The van der Waals surface area contributed by atoms with Crippen LogP contribution >= 0.6 is 0 Å². The molecule has 3 atom stereocenters. The first-order chi connectivity index (χ1) is 9.13. The van der Waals surface area contributed by atoms with Gasteiger partial charge in [-0.1, -0.05) is 6.42 Å². The van der Waals surface area contributed by atoms with Gasteiger partial charge in [-0.05, 0) is 55.2 Å². The van der Waals surface area contributed by atoms with Crippen LogP contribution in [0.4, 0.5) is 11.4 Å². The molecule has 0 radical (unpaired) electrons. The average molecular weight is 260 g/mol. The Balaban J connectivity index is 1.66. The Morgan fingerprint density at radius 3 is 2.84 bits per heavy atom. The van der Waals surface area contributed by atoms with E-state index >= 15 is 0 Å². The van der Waals surface area contributed by atoms with Gasteiger partial charge >= 0.3 is 5.97 Å². The maximum Gasteiger partial charge on any atom is 0.335 e. The molecule has 0 spiro atoms. The van der Waals surface area contributed by atoms with Gasteiger partial charge in [0.25, 0.3) is 0 Å². The third-order valence-corrected chi connectivity index (χ3v) is 4.74. The molecule has 2 aliphatic rings. The van der Waals surface area contributed by atoms with Crippen LogP contribution in [-0.4, -0.2) is 17.6 Å². The van der Waals surface area contributed by atoms with E-state index < -0.39 is 5.97 Å². The number of hydrogen-bond donors (Lipinski definition) is 3. The number of nitrogens with two attached hydrogens (primary N) is 1. The number of fused-ring (bicyclic) bond motifs is 2. The highest BCUT2D eigenvalue weighted by molar-refractivity contribution is 5.90. The van der Waals surface area contributed by atoms with E-state index in [0.717, 1.165) is 30.0 Å². The highest BCUT2D eigenvalue weighted by Gasteiger charge is 2.39. The van der Waals surface area contributed by atoms with Gasteiger partial charge in [-0.2, -0.15) is 0 Å². The molecule has 0 saturated heterocycles. The van der Waals surface area contributed by atoms with E-state index in [2.05, 4.69) is 5.32 Å². The lowest BCUT2D eigenvalue weighted by Crippen LogP contribution is -2.20. The number of hydrogen-bond acceptors (Lipinski definition) is 3. The zero-order valence-electron chi connectivity index (χ0n) is 10.9. The number of carboxylic acids is 1. The third kappa shape index (κ3) is 2.39. The number of carbonyl (C=O) groups is 1. The van der Waals surface area contributed by atoms with Gasteiger partial charge < -0.3 is 16.2 Å². The quantitative estimate of drug-likeness (QED) is 0.728. The van der Waals surface area contributed by atoms with Crippen LogP contribution in [0, 0.1) is 17.8 Å². The topological polar surface area (TPSA) is 75.4 Å². The van der Waals surface area contributed by atoms with Gasteiger partial charge in [-0.25, -0.2) is 4.79 Å². The summed E-state index contributed by atoms with van der Waals surface area (Å²) >= 11 is 0. The van der Waals surface area contributed by atoms with Gasteiger partial charge in [0.2, 0.25) is 0 Å². The van der Waals surface area contributed by atoms with Crippen molar-refractivity contribution in [3.63, 3.8) is 0 Å². The molecule has 2 saturated carbocycles. The van der Waals surface area contributed by atoms with Crippen LogP contribution in [-0.2, 0) is 0 Å². The fraction of sp³-hybridized carbons (Fsp3) is 0.533. The Hall–Kier alpha value is -1.71. The summed E-state index contributed by atoms with van der Waals surface area (Å²) in [7, 11) is 0. The summed E-state index contributed by atoms with van der Waals surface area (Å²) in [5.74, 6) is 1.61. The van der Waals surface area contributed by atoms with E-state index in [1.165, 1.54) is 25.7 Å². The molecule has 4 heteroatoms. The average Bonchev–Trinajstić information content (AvgIpc) is 2.99. The lowest BCUT2D eigenvalue weighted by molar-refractivity contribution is 0.0697. The lowest BCUT2D eigenvalue weighted by Gasteiger charge is -2.23. The minimum absolute atomic E-state index is 0.282. The fourth-order valence-corrected chi connectivity index (χ4v) is 3.71. The molecule has 4 nitrogen and oxygen atoms in total. The zero-order chi connectivity index (χ0) is 13.4. The van der Waals surface area contributed by atoms with E-state index in [4.69, 9.17) is 10.8 Å². The van der Waals surface area contributed by atoms with Gasteiger partial charge in [-0.3, -0.25) is 0 Å². The number of nitrogen functional groups attached to an aromatic ring is 1. The molecular formula is C15H20N2O2. The van der Waals surface area contributed by atoms with Crippen molar-refractivity contribution in [3.8, 4) is 0 Å². The second kappa shape index (κ2) is 4.76. The molecule has 4 N–H and O–H groups in total. The van der Waals surface area contributed by atoms with Gasteiger partial charge in [0.05, 0.1) is 16.9 Å². The Bertz CT molecular complexity index is 501. The van der Waals surface area contributed by atoms with Crippen molar-refractivity contribution in [1.29, 1.82) is 0 Å². The van der Waals surface area contributed by atoms with Gasteiger partial charge in [0, 0.05) is 6.54 Å². The summed E-state index contributed by atoms with van der Waals surface area (Å²) in [6.07, 6.45) is 5.46. The molecule has 102 valence electrons. The molecule has 3 rings (SSSR count). The van der Waals surface area contributed by atoms with Crippen molar-refractivity contribution in [2.75, 3.05) is 17.6 Å².